The van der Waals surface area contributed by atoms with Crippen molar-refractivity contribution in [2.75, 3.05) is 5.73 Å². The summed E-state index contributed by atoms with van der Waals surface area (Å²) < 4.78 is 1.71. The van der Waals surface area contributed by atoms with Gasteiger partial charge in [0.2, 0.25) is 0 Å². The van der Waals surface area contributed by atoms with Gasteiger partial charge in [0.15, 0.2) is 0 Å². The van der Waals surface area contributed by atoms with Crippen LogP contribution in [0.4, 0.5) is 5.69 Å². The van der Waals surface area contributed by atoms with E-state index in [2.05, 4.69) is 16.4 Å². The summed E-state index contributed by atoms with van der Waals surface area (Å²) in [5.74, 6) is 0. The molecule has 0 radical (unpaired) electrons. The Balaban J connectivity index is 1.83. The molecule has 2 aromatic carbocycles. The Labute approximate surface area is 173 Å². The molecule has 0 amide bonds. The van der Waals surface area contributed by atoms with Crippen molar-refractivity contribution in [3.05, 3.63) is 94.6 Å². The number of hydrogen-bond donors (Lipinski definition) is 3. The van der Waals surface area contributed by atoms with Crippen molar-refractivity contribution in [3.8, 4) is 5.69 Å². The van der Waals surface area contributed by atoms with Crippen molar-refractivity contribution in [2.24, 2.45) is 5.73 Å². The van der Waals surface area contributed by atoms with Gasteiger partial charge in [-0.3, -0.25) is 14.3 Å². The topological polar surface area (TPSA) is 99.0 Å². The third-order valence-electron chi connectivity index (χ3n) is 5.49. The molecule has 1 aliphatic heterocycles. The molecule has 6 heteroatoms. The number of anilines is 1. The number of nitrogens with zero attached hydrogens (tertiary/aromatic N) is 2. The number of hydrogen-bond acceptors (Lipinski definition) is 5. The van der Waals surface area contributed by atoms with Crippen LogP contribution in [0.3, 0.4) is 0 Å². The predicted molar refractivity (Wildman–Crippen MR) is 122 cm³/mol. The molecule has 1 aliphatic rings. The molecule has 6 nitrogen and oxygen atoms in total. The summed E-state index contributed by atoms with van der Waals surface area (Å²) >= 11 is 0. The number of dihydropyridines is 1. The van der Waals surface area contributed by atoms with Crippen LogP contribution in [0.1, 0.15) is 11.1 Å². The maximum absolute atomic E-state index is 13.0. The molecule has 0 spiro atoms. The molecule has 0 aliphatic carbocycles. The third-order valence-corrected chi connectivity index (χ3v) is 5.49. The largest absolute Gasteiger partial charge is 0.398 e. The van der Waals surface area contributed by atoms with E-state index in [0.717, 1.165) is 44.2 Å². The summed E-state index contributed by atoms with van der Waals surface area (Å²) in [5.41, 5.74) is 17.9. The Kier molecular flexibility index (Phi) is 4.15. The minimum atomic E-state index is -0.186. The quantitative estimate of drug-likeness (QED) is 0.358. The van der Waals surface area contributed by atoms with Gasteiger partial charge in [0.1, 0.15) is 0 Å². The molecular formula is C24H21N5O. The van der Waals surface area contributed by atoms with Crippen LogP contribution in [0, 0.1) is 6.92 Å². The number of aromatic nitrogens is 2. The number of fused-ring (bicyclic) bond motifs is 3. The SMILES string of the molecule is Cc1ccc(-n2c(=O)ccc3cnc4ccc(C5=CNC(N)C=C5)cc4c32)cc1N. The van der Waals surface area contributed by atoms with E-state index < -0.39 is 0 Å². The highest BCUT2D eigenvalue weighted by molar-refractivity contribution is 6.05. The highest BCUT2D eigenvalue weighted by Crippen LogP contribution is 2.29. The van der Waals surface area contributed by atoms with Crippen molar-refractivity contribution in [1.29, 1.82) is 0 Å². The molecule has 1 unspecified atom stereocenters. The summed E-state index contributed by atoms with van der Waals surface area (Å²) in [5, 5.41) is 4.89. The number of allylic oxidation sites excluding steroid dienone is 2. The van der Waals surface area contributed by atoms with Gasteiger partial charge in [0.25, 0.3) is 5.56 Å². The van der Waals surface area contributed by atoms with Gasteiger partial charge in [0.05, 0.1) is 22.9 Å². The average molecular weight is 395 g/mol. The van der Waals surface area contributed by atoms with Crippen molar-refractivity contribution in [1.82, 2.24) is 14.9 Å². The van der Waals surface area contributed by atoms with Crippen LogP contribution >= 0.6 is 0 Å². The molecule has 0 bridgehead atoms. The lowest BCUT2D eigenvalue weighted by atomic mass is 10.0. The van der Waals surface area contributed by atoms with Crippen molar-refractivity contribution in [3.63, 3.8) is 0 Å². The number of nitrogens with one attached hydrogen (secondary N) is 1. The molecule has 5 N–H and O–H groups in total. The molecule has 0 fully saturated rings. The third kappa shape index (κ3) is 2.94. The molecule has 3 heterocycles. The number of nitrogen functional groups attached to an aromatic ring is 1. The molecule has 0 saturated heterocycles. The molecule has 0 saturated carbocycles. The number of nitrogens with two attached hydrogens (primary N) is 2. The number of benzene rings is 2. The van der Waals surface area contributed by atoms with E-state index in [9.17, 15) is 4.79 Å². The molecule has 30 heavy (non-hydrogen) atoms. The Morgan fingerprint density at radius 3 is 2.73 bits per heavy atom. The summed E-state index contributed by atoms with van der Waals surface area (Å²) in [6.07, 6.45) is 7.41. The Morgan fingerprint density at radius 2 is 1.97 bits per heavy atom. The van der Waals surface area contributed by atoms with E-state index in [1.807, 2.05) is 61.7 Å². The highest BCUT2D eigenvalue weighted by Gasteiger charge is 2.13. The molecular weight excluding hydrogens is 374 g/mol. The lowest BCUT2D eigenvalue weighted by molar-refractivity contribution is 0.730. The minimum Gasteiger partial charge on any atom is -0.398 e. The van der Waals surface area contributed by atoms with Crippen LogP contribution in [0.25, 0.3) is 33.1 Å². The van der Waals surface area contributed by atoms with E-state index in [4.69, 9.17) is 11.5 Å². The van der Waals surface area contributed by atoms with Crippen molar-refractivity contribution in [2.45, 2.75) is 13.1 Å². The second-order valence-corrected chi connectivity index (χ2v) is 7.49. The van der Waals surface area contributed by atoms with Crippen LogP contribution in [0.2, 0.25) is 0 Å². The summed E-state index contributed by atoms with van der Waals surface area (Å²) in [4.78, 5) is 17.5. The van der Waals surface area contributed by atoms with Gasteiger partial charge < -0.3 is 16.8 Å². The highest BCUT2D eigenvalue weighted by atomic mass is 16.1. The molecule has 4 aromatic rings. The fraction of sp³-hybridized carbons (Fsp3) is 0.0833. The smallest absolute Gasteiger partial charge is 0.255 e. The summed E-state index contributed by atoms with van der Waals surface area (Å²) in [6, 6.07) is 15.1. The van der Waals surface area contributed by atoms with E-state index in [-0.39, 0.29) is 11.7 Å². The van der Waals surface area contributed by atoms with Crippen LogP contribution in [0.15, 0.2) is 77.9 Å². The van der Waals surface area contributed by atoms with Crippen LogP contribution < -0.4 is 22.3 Å². The Hall–Kier alpha value is -3.90. The first-order chi connectivity index (χ1) is 14.5. The van der Waals surface area contributed by atoms with Crippen molar-refractivity contribution < 1.29 is 0 Å². The van der Waals surface area contributed by atoms with Gasteiger partial charge in [-0.2, -0.15) is 0 Å². The van der Waals surface area contributed by atoms with Crippen LogP contribution in [0.5, 0.6) is 0 Å². The van der Waals surface area contributed by atoms with Gasteiger partial charge in [0, 0.05) is 34.9 Å². The fourth-order valence-corrected chi connectivity index (χ4v) is 3.79. The fourth-order valence-electron chi connectivity index (χ4n) is 3.79. The van der Waals surface area contributed by atoms with Gasteiger partial charge >= 0.3 is 0 Å². The van der Waals surface area contributed by atoms with Gasteiger partial charge in [-0.05, 0) is 60.0 Å². The lowest BCUT2D eigenvalue weighted by Gasteiger charge is -2.16. The lowest BCUT2D eigenvalue weighted by Crippen LogP contribution is -2.33. The normalized spacial score (nSPS) is 15.9. The zero-order valence-electron chi connectivity index (χ0n) is 16.5. The monoisotopic (exact) mass is 395 g/mol. The molecule has 2 aromatic heterocycles. The first-order valence-electron chi connectivity index (χ1n) is 9.73. The standard InChI is InChI=1S/C24H21N5O/c1-14-2-6-18(11-20(14)25)29-23(30)9-5-17-13-27-21-7-3-15(10-19(21)24(17)29)16-4-8-22(26)28-12-16/h2-13,22,28H,25-26H2,1H3. The van der Waals surface area contributed by atoms with Gasteiger partial charge in [-0.25, -0.2) is 0 Å². The first kappa shape index (κ1) is 18.1. The molecule has 5 rings (SSSR count). The first-order valence-corrected chi connectivity index (χ1v) is 9.73. The molecule has 148 valence electrons. The maximum Gasteiger partial charge on any atom is 0.255 e. The van der Waals surface area contributed by atoms with E-state index in [1.165, 1.54) is 0 Å². The van der Waals surface area contributed by atoms with Crippen molar-refractivity contribution >= 4 is 33.1 Å². The van der Waals surface area contributed by atoms with Gasteiger partial charge in [-0.1, -0.05) is 18.2 Å². The minimum absolute atomic E-state index is 0.118. The summed E-state index contributed by atoms with van der Waals surface area (Å²) in [6.45, 7) is 1.95. The Bertz CT molecular complexity index is 1430. The number of rotatable bonds is 2. The average Bonchev–Trinajstić information content (AvgIpc) is 2.76. The second kappa shape index (κ2) is 6.86. The van der Waals surface area contributed by atoms with E-state index in [1.54, 1.807) is 16.8 Å². The van der Waals surface area contributed by atoms with Crippen LogP contribution in [-0.4, -0.2) is 15.7 Å². The number of pyridine rings is 2. The van der Waals surface area contributed by atoms with E-state index >= 15 is 0 Å². The Morgan fingerprint density at radius 1 is 1.10 bits per heavy atom. The van der Waals surface area contributed by atoms with Gasteiger partial charge in [-0.15, -0.1) is 0 Å². The predicted octanol–water partition coefficient (Wildman–Crippen LogP) is 3.21. The summed E-state index contributed by atoms with van der Waals surface area (Å²) in [7, 11) is 0. The zero-order valence-corrected chi connectivity index (χ0v) is 16.5. The second-order valence-electron chi connectivity index (χ2n) is 7.49. The zero-order chi connectivity index (χ0) is 20.8. The number of aryl methyl sites for hydroxylation is 1. The van der Waals surface area contributed by atoms with Crippen LogP contribution in [-0.2, 0) is 0 Å². The maximum atomic E-state index is 13.0. The molecule has 1 atom stereocenters. The van der Waals surface area contributed by atoms with E-state index in [0.29, 0.717) is 5.69 Å².